The predicted molar refractivity (Wildman–Crippen MR) is 150 cm³/mol. The second kappa shape index (κ2) is 13.0. The molecule has 0 fully saturated rings. The molecule has 7 heteroatoms. The first-order chi connectivity index (χ1) is 18.9. The molecule has 1 aliphatic heterocycles. The van der Waals surface area contributed by atoms with Crippen LogP contribution in [0.2, 0.25) is 0 Å². The van der Waals surface area contributed by atoms with Crippen LogP contribution in [0.25, 0.3) is 0 Å². The first-order valence-corrected chi connectivity index (χ1v) is 13.5. The lowest BCUT2D eigenvalue weighted by Gasteiger charge is -2.32. The highest BCUT2D eigenvalue weighted by atomic mass is 16.2. The molecule has 0 radical (unpaired) electrons. The maximum absolute atomic E-state index is 13.7. The molecule has 39 heavy (non-hydrogen) atoms. The summed E-state index contributed by atoms with van der Waals surface area (Å²) in [4.78, 5) is 55.5. The van der Waals surface area contributed by atoms with E-state index in [1.807, 2.05) is 68.4 Å². The number of rotatable bonds is 12. The van der Waals surface area contributed by atoms with Crippen LogP contribution in [0, 0.1) is 6.92 Å². The van der Waals surface area contributed by atoms with Gasteiger partial charge in [-0.2, -0.15) is 0 Å². The van der Waals surface area contributed by atoms with Crippen molar-refractivity contribution in [2.45, 2.75) is 52.1 Å². The normalized spacial score (nSPS) is 13.2. The van der Waals surface area contributed by atoms with Gasteiger partial charge in [0.05, 0.1) is 11.1 Å². The lowest BCUT2D eigenvalue weighted by Crippen LogP contribution is -2.50. The second-order valence-corrected chi connectivity index (χ2v) is 9.91. The highest BCUT2D eigenvalue weighted by molar-refractivity contribution is 6.21. The molecule has 1 heterocycles. The van der Waals surface area contributed by atoms with Gasteiger partial charge in [0.1, 0.15) is 6.04 Å². The van der Waals surface area contributed by atoms with E-state index >= 15 is 0 Å². The summed E-state index contributed by atoms with van der Waals surface area (Å²) in [6, 6.07) is 23.6. The SMILES string of the molecule is CCCNC(=O)[C@H](Cc1ccccc1)N(Cc1ccc(C)cc1)C(=O)CCCN1C(=O)c2ccccc2C1=O. The van der Waals surface area contributed by atoms with Crippen molar-refractivity contribution in [1.29, 1.82) is 0 Å². The van der Waals surface area contributed by atoms with Gasteiger partial charge in [-0.3, -0.25) is 24.1 Å². The Bertz CT molecular complexity index is 1290. The zero-order valence-electron chi connectivity index (χ0n) is 22.6. The van der Waals surface area contributed by atoms with Crippen LogP contribution >= 0.6 is 0 Å². The number of nitrogens with zero attached hydrogens (tertiary/aromatic N) is 2. The molecule has 0 saturated carbocycles. The van der Waals surface area contributed by atoms with Crippen LogP contribution in [0.3, 0.4) is 0 Å². The van der Waals surface area contributed by atoms with Gasteiger partial charge in [0.2, 0.25) is 11.8 Å². The number of carbonyl (C=O) groups is 4. The molecule has 0 bridgehead atoms. The fraction of sp³-hybridized carbons (Fsp3) is 0.312. The highest BCUT2D eigenvalue weighted by Gasteiger charge is 2.35. The Labute approximate surface area is 229 Å². The van der Waals surface area contributed by atoms with Gasteiger partial charge >= 0.3 is 0 Å². The smallest absolute Gasteiger partial charge is 0.261 e. The van der Waals surface area contributed by atoms with E-state index in [1.165, 1.54) is 4.90 Å². The minimum Gasteiger partial charge on any atom is -0.354 e. The Kier molecular flexibility index (Phi) is 9.26. The third-order valence-electron chi connectivity index (χ3n) is 6.94. The summed E-state index contributed by atoms with van der Waals surface area (Å²) < 4.78 is 0. The molecule has 1 atom stereocenters. The molecule has 7 nitrogen and oxygen atoms in total. The third-order valence-corrected chi connectivity index (χ3v) is 6.94. The number of fused-ring (bicyclic) bond motifs is 1. The van der Waals surface area contributed by atoms with E-state index in [1.54, 1.807) is 29.2 Å². The maximum atomic E-state index is 13.7. The summed E-state index contributed by atoms with van der Waals surface area (Å²) in [6.45, 7) is 4.94. The number of hydrogen-bond donors (Lipinski definition) is 1. The maximum Gasteiger partial charge on any atom is 0.261 e. The fourth-order valence-corrected chi connectivity index (χ4v) is 4.78. The highest BCUT2D eigenvalue weighted by Crippen LogP contribution is 2.23. The number of imide groups is 1. The van der Waals surface area contributed by atoms with Crippen LogP contribution < -0.4 is 5.32 Å². The van der Waals surface area contributed by atoms with E-state index in [-0.39, 0.29) is 43.1 Å². The van der Waals surface area contributed by atoms with Gasteiger partial charge in [-0.25, -0.2) is 0 Å². The van der Waals surface area contributed by atoms with Crippen LogP contribution in [0.15, 0.2) is 78.9 Å². The standard InChI is InChI=1S/C32H35N3O4/c1-3-19-33-30(37)28(21-24-10-5-4-6-11-24)35(22-25-17-15-23(2)16-18-25)29(36)14-9-20-34-31(38)26-12-7-8-13-27(26)32(34)39/h4-8,10-13,15-18,28H,3,9,14,19-22H2,1-2H3,(H,33,37)/t28-/m0/s1. The molecule has 1 N–H and O–H groups in total. The van der Waals surface area contributed by atoms with Gasteiger partial charge < -0.3 is 10.2 Å². The molecule has 4 rings (SSSR count). The van der Waals surface area contributed by atoms with Crippen LogP contribution in [0.1, 0.15) is 63.6 Å². The van der Waals surface area contributed by atoms with Gasteiger partial charge in [-0.1, -0.05) is 79.2 Å². The monoisotopic (exact) mass is 525 g/mol. The quantitative estimate of drug-likeness (QED) is 0.352. The molecule has 202 valence electrons. The number of amides is 4. The number of carbonyl (C=O) groups excluding carboxylic acids is 4. The van der Waals surface area contributed by atoms with Crippen molar-refractivity contribution in [3.63, 3.8) is 0 Å². The number of hydrogen-bond acceptors (Lipinski definition) is 4. The Hall–Kier alpha value is -4.26. The van der Waals surface area contributed by atoms with E-state index in [0.29, 0.717) is 30.5 Å². The summed E-state index contributed by atoms with van der Waals surface area (Å²) in [6.07, 6.45) is 1.58. The number of benzene rings is 3. The van der Waals surface area contributed by atoms with Gasteiger partial charge in [-0.05, 0) is 43.0 Å². The third kappa shape index (κ3) is 6.79. The molecule has 3 aromatic rings. The lowest BCUT2D eigenvalue weighted by atomic mass is 10.0. The van der Waals surface area contributed by atoms with Gasteiger partial charge in [0.25, 0.3) is 11.8 Å². The van der Waals surface area contributed by atoms with Crippen LogP contribution in [0.4, 0.5) is 0 Å². The molecule has 0 aliphatic carbocycles. The topological polar surface area (TPSA) is 86.8 Å². The zero-order chi connectivity index (χ0) is 27.8. The van der Waals surface area contributed by atoms with Crippen molar-refractivity contribution in [3.05, 3.63) is 107 Å². The van der Waals surface area contributed by atoms with Gasteiger partial charge in [-0.15, -0.1) is 0 Å². The van der Waals surface area contributed by atoms with Crippen molar-refractivity contribution in [2.75, 3.05) is 13.1 Å². The first kappa shape index (κ1) is 27.8. The van der Waals surface area contributed by atoms with E-state index in [0.717, 1.165) is 23.1 Å². The largest absolute Gasteiger partial charge is 0.354 e. The molecule has 0 saturated heterocycles. The molecule has 0 spiro atoms. The van der Waals surface area contributed by atoms with Crippen molar-refractivity contribution < 1.29 is 19.2 Å². The van der Waals surface area contributed by atoms with Crippen molar-refractivity contribution in [1.82, 2.24) is 15.1 Å². The van der Waals surface area contributed by atoms with Crippen LogP contribution in [-0.4, -0.2) is 52.6 Å². The summed E-state index contributed by atoms with van der Waals surface area (Å²) in [5.74, 6) is -1.05. The average Bonchev–Trinajstić information content (AvgIpc) is 3.20. The van der Waals surface area contributed by atoms with Gasteiger partial charge in [0, 0.05) is 32.5 Å². The predicted octanol–water partition coefficient (Wildman–Crippen LogP) is 4.54. The molecule has 3 aromatic carbocycles. The second-order valence-electron chi connectivity index (χ2n) is 9.91. The Morgan fingerprint density at radius 3 is 2.08 bits per heavy atom. The number of nitrogens with one attached hydrogen (secondary N) is 1. The summed E-state index contributed by atoms with van der Waals surface area (Å²) in [7, 11) is 0. The molecule has 0 aromatic heterocycles. The van der Waals surface area contributed by atoms with Crippen LogP contribution in [0.5, 0.6) is 0 Å². The van der Waals surface area contributed by atoms with Crippen molar-refractivity contribution >= 4 is 23.6 Å². The molecule has 1 aliphatic rings. The Morgan fingerprint density at radius 2 is 1.46 bits per heavy atom. The Balaban J connectivity index is 1.53. The number of aryl methyl sites for hydroxylation is 1. The van der Waals surface area contributed by atoms with Crippen molar-refractivity contribution in [3.8, 4) is 0 Å². The average molecular weight is 526 g/mol. The van der Waals surface area contributed by atoms with Gasteiger partial charge in [0.15, 0.2) is 0 Å². The Morgan fingerprint density at radius 1 is 0.846 bits per heavy atom. The lowest BCUT2D eigenvalue weighted by molar-refractivity contribution is -0.141. The molecular weight excluding hydrogens is 490 g/mol. The van der Waals surface area contributed by atoms with Crippen LogP contribution in [-0.2, 0) is 22.6 Å². The summed E-state index contributed by atoms with van der Waals surface area (Å²) >= 11 is 0. The minimum atomic E-state index is -0.702. The summed E-state index contributed by atoms with van der Waals surface area (Å²) in [5.41, 5.74) is 3.78. The van der Waals surface area contributed by atoms with E-state index in [2.05, 4.69) is 5.32 Å². The van der Waals surface area contributed by atoms with Crippen molar-refractivity contribution in [2.24, 2.45) is 0 Å². The van der Waals surface area contributed by atoms with E-state index in [4.69, 9.17) is 0 Å². The molecule has 4 amide bonds. The summed E-state index contributed by atoms with van der Waals surface area (Å²) in [5, 5.41) is 2.98. The minimum absolute atomic E-state index is 0.103. The first-order valence-electron chi connectivity index (χ1n) is 13.5. The van der Waals surface area contributed by atoms with E-state index in [9.17, 15) is 19.2 Å². The van der Waals surface area contributed by atoms with E-state index < -0.39 is 6.04 Å². The zero-order valence-corrected chi connectivity index (χ0v) is 22.6. The molecule has 0 unspecified atom stereocenters. The molecular formula is C32H35N3O4. The fourth-order valence-electron chi connectivity index (χ4n) is 4.78.